The molecule has 0 aliphatic heterocycles. The molecule has 1 heterocycles. The molecule has 2 saturated carbocycles. The Balaban J connectivity index is 1.66. The molecule has 1 N–H and O–H groups in total. The van der Waals surface area contributed by atoms with Gasteiger partial charge in [-0.25, -0.2) is 0 Å². The molecule has 2 fully saturated rings. The van der Waals surface area contributed by atoms with E-state index in [0.29, 0.717) is 12.0 Å². The van der Waals surface area contributed by atoms with Crippen LogP contribution in [0.15, 0.2) is 24.5 Å². The average Bonchev–Trinajstić information content (AvgIpc) is 3.09. The summed E-state index contributed by atoms with van der Waals surface area (Å²) in [6.45, 7) is 5.67. The summed E-state index contributed by atoms with van der Waals surface area (Å²) in [7, 11) is 0. The van der Waals surface area contributed by atoms with E-state index in [4.69, 9.17) is 0 Å². The number of likely N-dealkylation sites (N-methyl/N-ethyl adjacent to an activating group) is 1. The molecule has 0 spiro atoms. The molecular weight excluding hydrogens is 244 g/mol. The molecule has 2 nitrogen and oxygen atoms in total. The lowest BCUT2D eigenvalue weighted by Gasteiger charge is -2.31. The van der Waals surface area contributed by atoms with Gasteiger partial charge in [-0.1, -0.05) is 20.3 Å². The zero-order valence-electron chi connectivity index (χ0n) is 12.9. The molecule has 5 atom stereocenters. The highest BCUT2D eigenvalue weighted by Crippen LogP contribution is 2.50. The van der Waals surface area contributed by atoms with Gasteiger partial charge in [0.2, 0.25) is 0 Å². The Bertz CT molecular complexity index is 417. The molecule has 2 heteroatoms. The van der Waals surface area contributed by atoms with Crippen molar-refractivity contribution in [1.82, 2.24) is 10.3 Å². The van der Waals surface area contributed by atoms with Gasteiger partial charge in [-0.2, -0.15) is 0 Å². The van der Waals surface area contributed by atoms with Crippen molar-refractivity contribution in [2.75, 3.05) is 6.54 Å². The van der Waals surface area contributed by atoms with Crippen LogP contribution in [0.2, 0.25) is 0 Å². The van der Waals surface area contributed by atoms with Crippen LogP contribution in [0.5, 0.6) is 0 Å². The molecule has 0 amide bonds. The van der Waals surface area contributed by atoms with Gasteiger partial charge in [0, 0.05) is 18.4 Å². The summed E-state index contributed by atoms with van der Waals surface area (Å²) in [5, 5.41) is 3.75. The Morgan fingerprint density at radius 3 is 2.65 bits per heavy atom. The minimum absolute atomic E-state index is 0.581. The lowest BCUT2D eigenvalue weighted by atomic mass is 9.80. The fourth-order valence-electron chi connectivity index (χ4n) is 4.62. The van der Waals surface area contributed by atoms with Gasteiger partial charge in [0.05, 0.1) is 0 Å². The van der Waals surface area contributed by atoms with Gasteiger partial charge < -0.3 is 5.32 Å². The van der Waals surface area contributed by atoms with Crippen LogP contribution in [0.4, 0.5) is 0 Å². The van der Waals surface area contributed by atoms with E-state index in [0.717, 1.165) is 24.3 Å². The van der Waals surface area contributed by atoms with Crippen molar-refractivity contribution in [2.45, 2.75) is 57.9 Å². The zero-order chi connectivity index (χ0) is 13.9. The Morgan fingerprint density at radius 2 is 2.05 bits per heavy atom. The van der Waals surface area contributed by atoms with E-state index < -0.39 is 0 Å². The first kappa shape index (κ1) is 14.1. The fraction of sp³-hybridized carbons (Fsp3) is 0.722. The van der Waals surface area contributed by atoms with E-state index in [-0.39, 0.29) is 0 Å². The van der Waals surface area contributed by atoms with Gasteiger partial charge in [-0.15, -0.1) is 0 Å². The minimum atomic E-state index is 0.581. The number of nitrogens with zero attached hydrogens (tertiary/aromatic N) is 1. The molecular formula is C18H28N2. The molecule has 0 radical (unpaired) electrons. The smallest absolute Gasteiger partial charge is 0.0270 e. The van der Waals surface area contributed by atoms with E-state index in [1.54, 1.807) is 0 Å². The minimum Gasteiger partial charge on any atom is -0.314 e. The van der Waals surface area contributed by atoms with E-state index in [1.165, 1.54) is 37.7 Å². The monoisotopic (exact) mass is 272 g/mol. The van der Waals surface area contributed by atoms with E-state index in [2.05, 4.69) is 36.3 Å². The summed E-state index contributed by atoms with van der Waals surface area (Å²) in [4.78, 5) is 4.15. The van der Waals surface area contributed by atoms with Crippen LogP contribution in [0.25, 0.3) is 0 Å². The number of rotatable bonds is 6. The third kappa shape index (κ3) is 2.90. The lowest BCUT2D eigenvalue weighted by molar-refractivity contribution is 0.265. The Morgan fingerprint density at radius 1 is 1.25 bits per heavy atom. The highest BCUT2D eigenvalue weighted by Gasteiger charge is 2.40. The predicted octanol–water partition coefficient (Wildman–Crippen LogP) is 3.99. The van der Waals surface area contributed by atoms with Gasteiger partial charge in [-0.3, -0.25) is 4.98 Å². The van der Waals surface area contributed by atoms with Gasteiger partial charge in [0.1, 0.15) is 0 Å². The Kier molecular flexibility index (Phi) is 4.40. The zero-order valence-corrected chi connectivity index (χ0v) is 12.9. The van der Waals surface area contributed by atoms with Crippen LogP contribution >= 0.6 is 0 Å². The van der Waals surface area contributed by atoms with Crippen LogP contribution in [-0.4, -0.2) is 17.6 Å². The molecule has 1 aromatic heterocycles. The number of aromatic nitrogens is 1. The Labute approximate surface area is 123 Å². The largest absolute Gasteiger partial charge is 0.314 e. The molecule has 5 unspecified atom stereocenters. The fourth-order valence-corrected chi connectivity index (χ4v) is 4.62. The van der Waals surface area contributed by atoms with Gasteiger partial charge in [0.25, 0.3) is 0 Å². The van der Waals surface area contributed by atoms with Crippen molar-refractivity contribution >= 4 is 0 Å². The lowest BCUT2D eigenvalue weighted by Crippen LogP contribution is -2.36. The summed E-state index contributed by atoms with van der Waals surface area (Å²) in [6.07, 6.45) is 11.2. The maximum atomic E-state index is 4.15. The molecule has 2 aliphatic rings. The summed E-state index contributed by atoms with van der Waals surface area (Å²) in [5.74, 6) is 3.65. The van der Waals surface area contributed by atoms with Crippen molar-refractivity contribution in [2.24, 2.45) is 17.8 Å². The SMILES string of the molecule is CCNC(CC1CC2CCC1C2)C(C)c1ccncc1. The first-order valence-electron chi connectivity index (χ1n) is 8.41. The van der Waals surface area contributed by atoms with Gasteiger partial charge in [0.15, 0.2) is 0 Å². The van der Waals surface area contributed by atoms with E-state index in [1.807, 2.05) is 12.4 Å². The first-order valence-corrected chi connectivity index (χ1v) is 8.41. The molecule has 20 heavy (non-hydrogen) atoms. The topological polar surface area (TPSA) is 24.9 Å². The number of fused-ring (bicyclic) bond motifs is 2. The van der Waals surface area contributed by atoms with Crippen molar-refractivity contribution in [3.05, 3.63) is 30.1 Å². The molecule has 3 rings (SSSR count). The van der Waals surface area contributed by atoms with E-state index >= 15 is 0 Å². The normalized spacial score (nSPS) is 31.4. The van der Waals surface area contributed by atoms with Gasteiger partial charge in [-0.05, 0) is 73.6 Å². The summed E-state index contributed by atoms with van der Waals surface area (Å²) >= 11 is 0. The highest BCUT2D eigenvalue weighted by molar-refractivity contribution is 5.17. The molecule has 110 valence electrons. The van der Waals surface area contributed by atoms with Crippen LogP contribution in [0.1, 0.15) is 57.4 Å². The molecule has 2 bridgehead atoms. The standard InChI is InChI=1S/C18H28N2/c1-3-20-18(13(2)15-6-8-19-9-7-15)12-17-11-14-4-5-16(17)10-14/h6-9,13-14,16-18,20H,3-5,10-12H2,1-2H3. The second kappa shape index (κ2) is 6.26. The Hall–Kier alpha value is -0.890. The van der Waals surface area contributed by atoms with Crippen molar-refractivity contribution in [1.29, 1.82) is 0 Å². The number of hydrogen-bond donors (Lipinski definition) is 1. The van der Waals surface area contributed by atoms with Crippen molar-refractivity contribution in [3.8, 4) is 0 Å². The maximum absolute atomic E-state index is 4.15. The third-order valence-corrected chi connectivity index (χ3v) is 5.74. The summed E-state index contributed by atoms with van der Waals surface area (Å²) in [6, 6.07) is 4.97. The molecule has 0 aromatic carbocycles. The van der Waals surface area contributed by atoms with E-state index in [9.17, 15) is 0 Å². The first-order chi connectivity index (χ1) is 9.78. The van der Waals surface area contributed by atoms with Gasteiger partial charge >= 0.3 is 0 Å². The second-order valence-corrected chi connectivity index (χ2v) is 6.90. The number of hydrogen-bond acceptors (Lipinski definition) is 2. The number of pyridine rings is 1. The van der Waals surface area contributed by atoms with Crippen LogP contribution < -0.4 is 5.32 Å². The average molecular weight is 272 g/mol. The number of nitrogens with one attached hydrogen (secondary N) is 1. The second-order valence-electron chi connectivity index (χ2n) is 6.90. The molecule has 1 aromatic rings. The van der Waals surface area contributed by atoms with Crippen molar-refractivity contribution in [3.63, 3.8) is 0 Å². The quantitative estimate of drug-likeness (QED) is 0.847. The summed E-state index contributed by atoms with van der Waals surface area (Å²) in [5.41, 5.74) is 1.43. The maximum Gasteiger partial charge on any atom is 0.0270 e. The molecule has 0 saturated heterocycles. The van der Waals surface area contributed by atoms with Crippen LogP contribution in [0, 0.1) is 17.8 Å². The highest BCUT2D eigenvalue weighted by atomic mass is 14.9. The van der Waals surface area contributed by atoms with Crippen molar-refractivity contribution < 1.29 is 0 Å². The third-order valence-electron chi connectivity index (χ3n) is 5.74. The predicted molar refractivity (Wildman–Crippen MR) is 83.7 cm³/mol. The summed E-state index contributed by atoms with van der Waals surface area (Å²) < 4.78 is 0. The van der Waals surface area contributed by atoms with Crippen LogP contribution in [-0.2, 0) is 0 Å². The molecule has 2 aliphatic carbocycles. The van der Waals surface area contributed by atoms with Crippen LogP contribution in [0.3, 0.4) is 0 Å².